The Kier molecular flexibility index (Phi) is 12.3. The molecule has 1 heterocycles. The molecule has 11 nitrogen and oxygen atoms in total. The van der Waals surface area contributed by atoms with Crippen LogP contribution < -0.4 is 21.4 Å². The van der Waals surface area contributed by atoms with Crippen LogP contribution >= 0.6 is 0 Å². The van der Waals surface area contributed by atoms with Crippen molar-refractivity contribution in [3.63, 3.8) is 0 Å². The summed E-state index contributed by atoms with van der Waals surface area (Å²) in [7, 11) is 1.67. The number of hydrogen-bond donors (Lipinski definition) is 4. The lowest BCUT2D eigenvalue weighted by Crippen LogP contribution is -2.52. The van der Waals surface area contributed by atoms with Crippen molar-refractivity contribution in [2.75, 3.05) is 44.0 Å². The molecule has 5 amide bonds. The topological polar surface area (TPSA) is 126 Å². The third-order valence-electron chi connectivity index (χ3n) is 6.80. The molecular formula is C26H43N7O4. The number of amides is 5. The van der Waals surface area contributed by atoms with E-state index in [4.69, 9.17) is 0 Å². The van der Waals surface area contributed by atoms with Crippen molar-refractivity contribution in [1.82, 2.24) is 25.4 Å². The van der Waals surface area contributed by atoms with E-state index < -0.39 is 6.04 Å². The molecule has 11 heteroatoms. The summed E-state index contributed by atoms with van der Waals surface area (Å²) >= 11 is 0. The summed E-state index contributed by atoms with van der Waals surface area (Å²) in [4.78, 5) is 52.0. The fourth-order valence-electron chi connectivity index (χ4n) is 4.35. The van der Waals surface area contributed by atoms with Gasteiger partial charge in [0.15, 0.2) is 0 Å². The average Bonchev–Trinajstić information content (AvgIpc) is 3.27. The van der Waals surface area contributed by atoms with Gasteiger partial charge < -0.3 is 30.7 Å². The van der Waals surface area contributed by atoms with E-state index in [-0.39, 0.29) is 30.1 Å². The van der Waals surface area contributed by atoms with Crippen molar-refractivity contribution in [3.05, 3.63) is 24.3 Å². The Labute approximate surface area is 220 Å². The lowest BCUT2D eigenvalue weighted by Gasteiger charge is -2.30. The van der Waals surface area contributed by atoms with E-state index in [2.05, 4.69) is 21.4 Å². The van der Waals surface area contributed by atoms with Crippen LogP contribution in [0.3, 0.4) is 0 Å². The van der Waals surface area contributed by atoms with Crippen molar-refractivity contribution >= 4 is 35.6 Å². The van der Waals surface area contributed by atoms with Gasteiger partial charge in [-0.25, -0.2) is 14.6 Å². The second kappa shape index (κ2) is 15.2. The molecular weight excluding hydrogens is 474 g/mol. The first-order chi connectivity index (χ1) is 17.7. The molecule has 0 saturated carbocycles. The summed E-state index contributed by atoms with van der Waals surface area (Å²) < 4.78 is 0. The molecule has 0 spiro atoms. The number of likely N-dealkylation sites (N-methyl/N-ethyl adjacent to an activating group) is 1. The smallest absolute Gasteiger partial charge is 0.324 e. The summed E-state index contributed by atoms with van der Waals surface area (Å²) in [6.45, 7) is 10.0. The number of hydrazine groups is 1. The van der Waals surface area contributed by atoms with Crippen LogP contribution in [0.15, 0.2) is 24.3 Å². The largest absolute Gasteiger partial charge is 0.325 e. The van der Waals surface area contributed by atoms with Gasteiger partial charge in [-0.05, 0) is 71.3 Å². The second-order valence-corrected chi connectivity index (χ2v) is 9.31. The summed E-state index contributed by atoms with van der Waals surface area (Å²) in [5.41, 5.74) is 4.80. The third-order valence-corrected chi connectivity index (χ3v) is 6.80. The minimum absolute atomic E-state index is 0.0285. The van der Waals surface area contributed by atoms with E-state index in [0.29, 0.717) is 38.2 Å². The molecule has 1 saturated heterocycles. The SMILES string of the molecule is CCN(CCC=O)Nc1ccc(NC(=O)N(CC)CCC2CCC(C)N2C(=O)NC(=O)C(C)NC)cc1. The van der Waals surface area contributed by atoms with Crippen molar-refractivity contribution in [2.24, 2.45) is 0 Å². The maximum absolute atomic E-state index is 12.9. The van der Waals surface area contributed by atoms with E-state index in [9.17, 15) is 19.2 Å². The number of rotatable bonds is 13. The summed E-state index contributed by atoms with van der Waals surface area (Å²) in [5.74, 6) is -0.357. The number of anilines is 2. The molecule has 0 bridgehead atoms. The van der Waals surface area contributed by atoms with Gasteiger partial charge in [-0.2, -0.15) is 0 Å². The van der Waals surface area contributed by atoms with Crippen LogP contribution in [0, 0.1) is 0 Å². The van der Waals surface area contributed by atoms with E-state index in [1.807, 2.05) is 50.0 Å². The summed E-state index contributed by atoms with van der Waals surface area (Å²) in [6.07, 6.45) is 3.68. The van der Waals surface area contributed by atoms with Gasteiger partial charge >= 0.3 is 12.1 Å². The number of likely N-dealkylation sites (tertiary alicyclic amines) is 1. The van der Waals surface area contributed by atoms with Crippen LogP contribution in [-0.4, -0.2) is 90.4 Å². The minimum atomic E-state index is -0.461. The number of carbonyl (C=O) groups is 4. The Hall–Kier alpha value is -3.18. The quantitative estimate of drug-likeness (QED) is 0.234. The van der Waals surface area contributed by atoms with Gasteiger partial charge in [-0.15, -0.1) is 0 Å². The first-order valence-electron chi connectivity index (χ1n) is 13.2. The minimum Gasteiger partial charge on any atom is -0.325 e. The lowest BCUT2D eigenvalue weighted by molar-refractivity contribution is -0.121. The highest BCUT2D eigenvalue weighted by Gasteiger charge is 2.35. The van der Waals surface area contributed by atoms with Gasteiger partial charge in [-0.1, -0.05) is 6.92 Å². The number of hydrogen-bond acceptors (Lipinski definition) is 7. The number of nitrogens with zero attached hydrogens (tertiary/aromatic N) is 3. The van der Waals surface area contributed by atoms with Crippen LogP contribution in [0.25, 0.3) is 0 Å². The maximum Gasteiger partial charge on any atom is 0.324 e. The Morgan fingerprint density at radius 1 is 1.08 bits per heavy atom. The Balaban J connectivity index is 1.91. The molecule has 3 atom stereocenters. The molecule has 1 aromatic rings. The Bertz CT molecular complexity index is 895. The van der Waals surface area contributed by atoms with Crippen molar-refractivity contribution in [1.29, 1.82) is 0 Å². The standard InChI is InChI=1S/C26H43N7O4/c1-6-31(17-15-23-14-9-19(3)33(23)26(37)29-24(35)20(4)27-5)25(36)28-21-10-12-22(13-11-21)30-32(7-2)16-8-18-34/h10-13,18-20,23,27,30H,6-9,14-17H2,1-5H3,(H,28,36)(H,29,35,37). The molecule has 1 aromatic carbocycles. The van der Waals surface area contributed by atoms with Gasteiger partial charge in [0, 0.05) is 56.1 Å². The van der Waals surface area contributed by atoms with Gasteiger partial charge in [0.25, 0.3) is 0 Å². The Morgan fingerprint density at radius 3 is 2.35 bits per heavy atom. The van der Waals surface area contributed by atoms with Crippen LogP contribution in [0.5, 0.6) is 0 Å². The number of carbonyl (C=O) groups excluding carboxylic acids is 4. The molecule has 1 aliphatic rings. The molecule has 3 unspecified atom stereocenters. The number of aldehydes is 1. The van der Waals surface area contributed by atoms with Crippen molar-refractivity contribution < 1.29 is 19.2 Å². The Morgan fingerprint density at radius 2 is 1.76 bits per heavy atom. The van der Waals surface area contributed by atoms with Crippen LogP contribution in [0.2, 0.25) is 0 Å². The lowest BCUT2D eigenvalue weighted by atomic mass is 10.1. The van der Waals surface area contributed by atoms with Gasteiger partial charge in [0.1, 0.15) is 6.29 Å². The number of nitrogens with one attached hydrogen (secondary N) is 4. The zero-order valence-corrected chi connectivity index (χ0v) is 22.8. The van der Waals surface area contributed by atoms with Gasteiger partial charge in [0.2, 0.25) is 5.91 Å². The predicted molar refractivity (Wildman–Crippen MR) is 145 cm³/mol. The van der Waals surface area contributed by atoms with Crippen molar-refractivity contribution in [2.45, 2.75) is 71.5 Å². The third kappa shape index (κ3) is 9.01. The summed E-state index contributed by atoms with van der Waals surface area (Å²) in [5, 5.41) is 10.2. The average molecular weight is 518 g/mol. The molecule has 0 aliphatic carbocycles. The molecule has 37 heavy (non-hydrogen) atoms. The van der Waals surface area contributed by atoms with E-state index in [1.54, 1.807) is 23.8 Å². The monoisotopic (exact) mass is 517 g/mol. The van der Waals surface area contributed by atoms with Gasteiger partial charge in [-0.3, -0.25) is 10.1 Å². The zero-order valence-electron chi connectivity index (χ0n) is 22.8. The number of imide groups is 1. The highest BCUT2D eigenvalue weighted by molar-refractivity contribution is 5.97. The van der Waals surface area contributed by atoms with Crippen LogP contribution in [0.4, 0.5) is 21.0 Å². The van der Waals surface area contributed by atoms with Crippen LogP contribution in [0.1, 0.15) is 53.4 Å². The van der Waals surface area contributed by atoms with Crippen molar-refractivity contribution in [3.8, 4) is 0 Å². The number of urea groups is 2. The highest BCUT2D eigenvalue weighted by atomic mass is 16.2. The zero-order chi connectivity index (χ0) is 27.4. The molecule has 1 aliphatic heterocycles. The summed E-state index contributed by atoms with van der Waals surface area (Å²) in [6, 6.07) is 6.36. The molecule has 0 radical (unpaired) electrons. The second-order valence-electron chi connectivity index (χ2n) is 9.31. The normalized spacial score (nSPS) is 17.8. The van der Waals surface area contributed by atoms with E-state index >= 15 is 0 Å². The number of benzene rings is 1. The molecule has 2 rings (SSSR count). The predicted octanol–water partition coefficient (Wildman–Crippen LogP) is 2.87. The first-order valence-corrected chi connectivity index (χ1v) is 13.2. The fourth-order valence-corrected chi connectivity index (χ4v) is 4.35. The van der Waals surface area contributed by atoms with E-state index in [0.717, 1.165) is 31.4 Å². The molecule has 206 valence electrons. The van der Waals surface area contributed by atoms with Crippen LogP contribution in [-0.2, 0) is 9.59 Å². The first kappa shape index (κ1) is 30.0. The molecule has 1 fully saturated rings. The fraction of sp³-hybridized carbons (Fsp3) is 0.615. The molecule has 4 N–H and O–H groups in total. The maximum atomic E-state index is 12.9. The molecule has 0 aromatic heterocycles. The highest BCUT2D eigenvalue weighted by Crippen LogP contribution is 2.26. The van der Waals surface area contributed by atoms with Gasteiger partial charge in [0.05, 0.1) is 6.04 Å². The van der Waals surface area contributed by atoms with E-state index in [1.165, 1.54) is 0 Å².